The Bertz CT molecular complexity index is 365. The van der Waals surface area contributed by atoms with Crippen molar-refractivity contribution in [3.63, 3.8) is 0 Å². The van der Waals surface area contributed by atoms with Crippen LogP contribution in [-0.2, 0) is 16.1 Å². The molecule has 2 N–H and O–H groups in total. The molecule has 0 fully saturated rings. The molecule has 1 aromatic heterocycles. The first-order chi connectivity index (χ1) is 7.59. The van der Waals surface area contributed by atoms with Crippen molar-refractivity contribution in [2.75, 3.05) is 0 Å². The van der Waals surface area contributed by atoms with Crippen molar-refractivity contribution in [1.29, 1.82) is 0 Å². The highest BCUT2D eigenvalue weighted by Crippen LogP contribution is 1.94. The summed E-state index contributed by atoms with van der Waals surface area (Å²) >= 11 is 0. The van der Waals surface area contributed by atoms with Crippen molar-refractivity contribution in [1.82, 2.24) is 15.6 Å². The Kier molecular flexibility index (Phi) is 4.44. The summed E-state index contributed by atoms with van der Waals surface area (Å²) in [4.78, 5) is 26.2. The first-order valence-electron chi connectivity index (χ1n) is 5.03. The number of rotatable bonds is 4. The van der Waals surface area contributed by atoms with Gasteiger partial charge in [0.05, 0.1) is 0 Å². The highest BCUT2D eigenvalue weighted by Gasteiger charge is 2.12. The molecular formula is C11H15N3O2. The summed E-state index contributed by atoms with van der Waals surface area (Å²) in [5.41, 5.74) is 0.922. The number of aromatic nitrogens is 1. The Morgan fingerprint density at radius 2 is 2.25 bits per heavy atom. The predicted molar refractivity (Wildman–Crippen MR) is 59.4 cm³/mol. The van der Waals surface area contributed by atoms with Gasteiger partial charge in [-0.1, -0.05) is 6.07 Å². The van der Waals surface area contributed by atoms with E-state index in [1.54, 1.807) is 25.4 Å². The molecule has 2 amide bonds. The molecule has 0 unspecified atom stereocenters. The van der Waals surface area contributed by atoms with Crippen molar-refractivity contribution >= 4 is 11.8 Å². The lowest BCUT2D eigenvalue weighted by Gasteiger charge is -2.12. The van der Waals surface area contributed by atoms with E-state index in [4.69, 9.17) is 0 Å². The third-order valence-corrected chi connectivity index (χ3v) is 2.00. The average Bonchev–Trinajstić information content (AvgIpc) is 2.26. The number of hydrogen-bond acceptors (Lipinski definition) is 3. The molecule has 1 heterocycles. The molecule has 5 heteroatoms. The van der Waals surface area contributed by atoms with Crippen LogP contribution in [-0.4, -0.2) is 22.8 Å². The van der Waals surface area contributed by atoms with Crippen LogP contribution in [0.5, 0.6) is 0 Å². The molecule has 0 aliphatic rings. The van der Waals surface area contributed by atoms with E-state index in [-0.39, 0.29) is 11.8 Å². The lowest BCUT2D eigenvalue weighted by atomic mass is 10.2. The number of nitrogens with one attached hydrogen (secondary N) is 2. The van der Waals surface area contributed by atoms with Crippen LogP contribution in [0.4, 0.5) is 0 Å². The van der Waals surface area contributed by atoms with Gasteiger partial charge in [-0.2, -0.15) is 0 Å². The minimum atomic E-state index is -0.519. The Morgan fingerprint density at radius 3 is 2.81 bits per heavy atom. The van der Waals surface area contributed by atoms with Crippen LogP contribution < -0.4 is 10.6 Å². The molecule has 0 spiro atoms. The van der Waals surface area contributed by atoms with E-state index >= 15 is 0 Å². The van der Waals surface area contributed by atoms with Gasteiger partial charge in [0, 0.05) is 25.9 Å². The minimum absolute atomic E-state index is 0.209. The highest BCUT2D eigenvalue weighted by atomic mass is 16.2. The van der Waals surface area contributed by atoms with E-state index in [1.165, 1.54) is 6.92 Å². The molecule has 0 aliphatic carbocycles. The van der Waals surface area contributed by atoms with Crippen LogP contribution in [0.15, 0.2) is 24.5 Å². The summed E-state index contributed by atoms with van der Waals surface area (Å²) in [5, 5.41) is 5.22. The molecule has 5 nitrogen and oxygen atoms in total. The second-order valence-corrected chi connectivity index (χ2v) is 3.50. The molecule has 16 heavy (non-hydrogen) atoms. The fourth-order valence-corrected chi connectivity index (χ4v) is 1.22. The molecular weight excluding hydrogens is 206 g/mol. The second-order valence-electron chi connectivity index (χ2n) is 3.50. The fraction of sp³-hybridized carbons (Fsp3) is 0.364. The third-order valence-electron chi connectivity index (χ3n) is 2.00. The molecule has 1 aromatic rings. The van der Waals surface area contributed by atoms with Gasteiger partial charge in [-0.25, -0.2) is 0 Å². The summed E-state index contributed by atoms with van der Waals surface area (Å²) in [5.74, 6) is -0.428. The van der Waals surface area contributed by atoms with Crippen LogP contribution in [0.2, 0.25) is 0 Å². The summed E-state index contributed by atoms with van der Waals surface area (Å²) < 4.78 is 0. The van der Waals surface area contributed by atoms with Gasteiger partial charge in [-0.05, 0) is 18.6 Å². The SMILES string of the molecule is CC(=O)N[C@@H](C)C(=O)NCc1cccnc1. The van der Waals surface area contributed by atoms with E-state index < -0.39 is 6.04 Å². The monoisotopic (exact) mass is 221 g/mol. The van der Waals surface area contributed by atoms with E-state index in [2.05, 4.69) is 15.6 Å². The van der Waals surface area contributed by atoms with Crippen LogP contribution in [0.25, 0.3) is 0 Å². The maximum atomic E-state index is 11.5. The Hall–Kier alpha value is -1.91. The quantitative estimate of drug-likeness (QED) is 0.764. The van der Waals surface area contributed by atoms with Crippen molar-refractivity contribution in [2.45, 2.75) is 26.4 Å². The minimum Gasteiger partial charge on any atom is -0.350 e. The smallest absolute Gasteiger partial charge is 0.242 e. The number of pyridine rings is 1. The number of carbonyl (C=O) groups excluding carboxylic acids is 2. The lowest BCUT2D eigenvalue weighted by Crippen LogP contribution is -2.43. The summed E-state index contributed by atoms with van der Waals surface area (Å²) in [7, 11) is 0. The van der Waals surface area contributed by atoms with Crippen molar-refractivity contribution in [3.05, 3.63) is 30.1 Å². The van der Waals surface area contributed by atoms with Crippen LogP contribution >= 0.6 is 0 Å². The summed E-state index contributed by atoms with van der Waals surface area (Å²) in [6.07, 6.45) is 3.36. The van der Waals surface area contributed by atoms with Gasteiger partial charge in [0.15, 0.2) is 0 Å². The molecule has 0 bridgehead atoms. The number of hydrogen-bond donors (Lipinski definition) is 2. The van der Waals surface area contributed by atoms with E-state index in [9.17, 15) is 9.59 Å². The van der Waals surface area contributed by atoms with E-state index in [0.717, 1.165) is 5.56 Å². The fourth-order valence-electron chi connectivity index (χ4n) is 1.22. The highest BCUT2D eigenvalue weighted by molar-refractivity contribution is 5.86. The Labute approximate surface area is 94.3 Å². The lowest BCUT2D eigenvalue weighted by molar-refractivity contribution is -0.127. The topological polar surface area (TPSA) is 71.1 Å². The standard InChI is InChI=1S/C11H15N3O2/c1-8(14-9(2)15)11(16)13-7-10-4-3-5-12-6-10/h3-6,8H,7H2,1-2H3,(H,13,16)(H,14,15)/t8-/m0/s1. The van der Waals surface area contributed by atoms with Gasteiger partial charge in [-0.3, -0.25) is 14.6 Å². The first-order valence-corrected chi connectivity index (χ1v) is 5.03. The van der Waals surface area contributed by atoms with Crippen LogP contribution in [0.1, 0.15) is 19.4 Å². The maximum Gasteiger partial charge on any atom is 0.242 e. The third kappa shape index (κ3) is 4.08. The van der Waals surface area contributed by atoms with Gasteiger partial charge < -0.3 is 10.6 Å². The summed E-state index contributed by atoms with van der Waals surface area (Å²) in [6.45, 7) is 3.43. The largest absolute Gasteiger partial charge is 0.350 e. The predicted octanol–water partition coefficient (Wildman–Crippen LogP) is 0.222. The number of nitrogens with zero attached hydrogens (tertiary/aromatic N) is 1. The molecule has 1 atom stereocenters. The Balaban J connectivity index is 2.38. The molecule has 1 rings (SSSR count). The van der Waals surface area contributed by atoms with Crippen LogP contribution in [0, 0.1) is 0 Å². The molecule has 86 valence electrons. The second kappa shape index (κ2) is 5.85. The molecule has 0 aromatic carbocycles. The van der Waals surface area contributed by atoms with E-state index in [0.29, 0.717) is 6.54 Å². The molecule has 0 saturated heterocycles. The summed E-state index contributed by atoms with van der Waals surface area (Å²) in [6, 6.07) is 3.16. The maximum absolute atomic E-state index is 11.5. The zero-order valence-corrected chi connectivity index (χ0v) is 9.36. The zero-order chi connectivity index (χ0) is 12.0. The number of amides is 2. The van der Waals surface area contributed by atoms with Crippen LogP contribution in [0.3, 0.4) is 0 Å². The van der Waals surface area contributed by atoms with Crippen molar-refractivity contribution < 1.29 is 9.59 Å². The van der Waals surface area contributed by atoms with Gasteiger partial charge >= 0.3 is 0 Å². The molecule has 0 radical (unpaired) electrons. The molecule has 0 saturated carbocycles. The normalized spacial score (nSPS) is 11.6. The average molecular weight is 221 g/mol. The van der Waals surface area contributed by atoms with Gasteiger partial charge in [-0.15, -0.1) is 0 Å². The first kappa shape index (κ1) is 12.2. The van der Waals surface area contributed by atoms with Crippen molar-refractivity contribution in [3.8, 4) is 0 Å². The van der Waals surface area contributed by atoms with Crippen molar-refractivity contribution in [2.24, 2.45) is 0 Å². The Morgan fingerprint density at radius 1 is 1.50 bits per heavy atom. The zero-order valence-electron chi connectivity index (χ0n) is 9.36. The number of carbonyl (C=O) groups is 2. The molecule has 0 aliphatic heterocycles. The van der Waals surface area contributed by atoms with Gasteiger partial charge in [0.1, 0.15) is 6.04 Å². The van der Waals surface area contributed by atoms with Gasteiger partial charge in [0.25, 0.3) is 0 Å². The van der Waals surface area contributed by atoms with E-state index in [1.807, 2.05) is 6.07 Å². The van der Waals surface area contributed by atoms with Gasteiger partial charge in [0.2, 0.25) is 11.8 Å².